The van der Waals surface area contributed by atoms with Crippen molar-refractivity contribution >= 4 is 23.2 Å². The first-order chi connectivity index (χ1) is 9.47. The molecule has 0 radical (unpaired) electrons. The standard InChI is InChI=1S/C13H11N3O3S/c1-8-6-14-13(15-7-8)20-12-4-3-10(16(18)19)5-11(12)9(2)17/h3-7H,1-2H3. The van der Waals surface area contributed by atoms with Crippen LogP contribution in [-0.4, -0.2) is 20.7 Å². The summed E-state index contributed by atoms with van der Waals surface area (Å²) in [7, 11) is 0. The number of nitrogens with zero attached hydrogens (tertiary/aromatic N) is 3. The highest BCUT2D eigenvalue weighted by molar-refractivity contribution is 7.99. The number of hydrogen-bond acceptors (Lipinski definition) is 6. The maximum absolute atomic E-state index is 11.6. The summed E-state index contributed by atoms with van der Waals surface area (Å²) in [6, 6.07) is 4.19. The molecule has 0 bridgehead atoms. The number of aryl methyl sites for hydroxylation is 1. The molecule has 2 rings (SSSR count). The summed E-state index contributed by atoms with van der Waals surface area (Å²) in [4.78, 5) is 30.7. The van der Waals surface area contributed by atoms with E-state index in [1.165, 1.54) is 30.8 Å². The van der Waals surface area contributed by atoms with Crippen LogP contribution in [0.2, 0.25) is 0 Å². The van der Waals surface area contributed by atoms with Gasteiger partial charge in [0.25, 0.3) is 5.69 Å². The molecule has 20 heavy (non-hydrogen) atoms. The summed E-state index contributed by atoms with van der Waals surface area (Å²) >= 11 is 1.21. The Morgan fingerprint density at radius 3 is 2.50 bits per heavy atom. The highest BCUT2D eigenvalue weighted by Crippen LogP contribution is 2.30. The number of benzene rings is 1. The summed E-state index contributed by atoms with van der Waals surface area (Å²) in [6.07, 6.45) is 3.35. The van der Waals surface area contributed by atoms with E-state index in [9.17, 15) is 14.9 Å². The van der Waals surface area contributed by atoms with Gasteiger partial charge in [0.2, 0.25) is 0 Å². The van der Waals surface area contributed by atoms with Crippen LogP contribution in [-0.2, 0) is 0 Å². The van der Waals surface area contributed by atoms with Gasteiger partial charge in [-0.05, 0) is 37.2 Å². The number of non-ortho nitro benzene ring substituents is 1. The molecule has 0 aliphatic carbocycles. The third kappa shape index (κ3) is 3.18. The number of Topliss-reactive ketones (excluding diaryl/α,β-unsaturated/α-hetero) is 1. The first-order valence-corrected chi connectivity index (χ1v) is 6.55. The van der Waals surface area contributed by atoms with Gasteiger partial charge < -0.3 is 0 Å². The molecule has 0 unspecified atom stereocenters. The summed E-state index contributed by atoms with van der Waals surface area (Å²) in [5.41, 5.74) is 1.13. The average molecular weight is 289 g/mol. The summed E-state index contributed by atoms with van der Waals surface area (Å²) < 4.78 is 0. The van der Waals surface area contributed by atoms with Crippen LogP contribution in [0.5, 0.6) is 0 Å². The molecule has 0 atom stereocenters. The van der Waals surface area contributed by atoms with E-state index in [4.69, 9.17) is 0 Å². The van der Waals surface area contributed by atoms with Crippen molar-refractivity contribution in [3.05, 3.63) is 51.8 Å². The van der Waals surface area contributed by atoms with Crippen molar-refractivity contribution in [3.63, 3.8) is 0 Å². The lowest BCUT2D eigenvalue weighted by Crippen LogP contribution is -1.98. The van der Waals surface area contributed by atoms with Gasteiger partial charge in [0, 0.05) is 35.0 Å². The van der Waals surface area contributed by atoms with Crippen LogP contribution in [0, 0.1) is 17.0 Å². The lowest BCUT2D eigenvalue weighted by molar-refractivity contribution is -0.384. The SMILES string of the molecule is CC(=O)c1cc([N+](=O)[O-])ccc1Sc1ncc(C)cn1. The molecule has 1 aromatic carbocycles. The Morgan fingerprint density at radius 1 is 1.30 bits per heavy atom. The first-order valence-electron chi connectivity index (χ1n) is 5.73. The Morgan fingerprint density at radius 2 is 1.95 bits per heavy atom. The highest BCUT2D eigenvalue weighted by Gasteiger charge is 2.15. The molecule has 1 heterocycles. The normalized spacial score (nSPS) is 10.3. The zero-order chi connectivity index (χ0) is 14.7. The number of rotatable bonds is 4. The predicted molar refractivity (Wildman–Crippen MR) is 74.0 cm³/mol. The number of carbonyl (C=O) groups is 1. The van der Waals surface area contributed by atoms with Gasteiger partial charge in [-0.2, -0.15) is 0 Å². The summed E-state index contributed by atoms with van der Waals surface area (Å²) in [5.74, 6) is -0.233. The number of aromatic nitrogens is 2. The quantitative estimate of drug-likeness (QED) is 0.372. The highest BCUT2D eigenvalue weighted by atomic mass is 32.2. The molecule has 0 fully saturated rings. The Kier molecular flexibility index (Phi) is 4.09. The third-order valence-electron chi connectivity index (χ3n) is 2.51. The Bertz CT molecular complexity index is 671. The van der Waals surface area contributed by atoms with Crippen molar-refractivity contribution in [2.24, 2.45) is 0 Å². The van der Waals surface area contributed by atoms with Crippen molar-refractivity contribution in [2.75, 3.05) is 0 Å². The van der Waals surface area contributed by atoms with Crippen molar-refractivity contribution < 1.29 is 9.72 Å². The summed E-state index contributed by atoms with van der Waals surface area (Å²) in [6.45, 7) is 3.25. The Hall–Kier alpha value is -2.28. The van der Waals surface area contributed by atoms with Crippen LogP contribution in [0.25, 0.3) is 0 Å². The van der Waals surface area contributed by atoms with Crippen molar-refractivity contribution in [2.45, 2.75) is 23.9 Å². The zero-order valence-electron chi connectivity index (χ0n) is 10.9. The number of carbonyl (C=O) groups excluding carboxylic acids is 1. The van der Waals surface area contributed by atoms with Gasteiger partial charge in [-0.25, -0.2) is 9.97 Å². The smallest absolute Gasteiger partial charge is 0.270 e. The molecule has 2 aromatic rings. The van der Waals surface area contributed by atoms with Gasteiger partial charge in [0.1, 0.15) is 0 Å². The van der Waals surface area contributed by atoms with Crippen LogP contribution < -0.4 is 0 Å². The minimum absolute atomic E-state index is 0.107. The topological polar surface area (TPSA) is 86.0 Å². The molecule has 0 amide bonds. The van der Waals surface area contributed by atoms with Crippen molar-refractivity contribution in [1.82, 2.24) is 9.97 Å². The second kappa shape index (κ2) is 5.79. The number of nitro benzene ring substituents is 1. The molecule has 0 aliphatic rings. The van der Waals surface area contributed by atoms with E-state index in [2.05, 4.69) is 9.97 Å². The van der Waals surface area contributed by atoms with Gasteiger partial charge in [-0.15, -0.1) is 0 Å². The minimum Gasteiger partial charge on any atom is -0.294 e. The van der Waals surface area contributed by atoms with Crippen molar-refractivity contribution in [3.8, 4) is 0 Å². The first kappa shape index (κ1) is 14.1. The van der Waals surface area contributed by atoms with Gasteiger partial charge >= 0.3 is 0 Å². The van der Waals surface area contributed by atoms with Crippen LogP contribution in [0.15, 0.2) is 40.6 Å². The largest absolute Gasteiger partial charge is 0.294 e. The van der Waals surface area contributed by atoms with E-state index in [1.54, 1.807) is 18.5 Å². The average Bonchev–Trinajstić information content (AvgIpc) is 2.41. The minimum atomic E-state index is -0.525. The fraction of sp³-hybridized carbons (Fsp3) is 0.154. The van der Waals surface area contributed by atoms with Crippen LogP contribution >= 0.6 is 11.8 Å². The van der Waals surface area contributed by atoms with E-state index in [-0.39, 0.29) is 11.5 Å². The lowest BCUT2D eigenvalue weighted by atomic mass is 10.1. The van der Waals surface area contributed by atoms with Gasteiger partial charge in [0.05, 0.1) is 4.92 Å². The molecular weight excluding hydrogens is 278 g/mol. The van der Waals surface area contributed by atoms with Crippen molar-refractivity contribution in [1.29, 1.82) is 0 Å². The van der Waals surface area contributed by atoms with Crippen LogP contribution in [0.3, 0.4) is 0 Å². The zero-order valence-corrected chi connectivity index (χ0v) is 11.7. The molecule has 102 valence electrons. The van der Waals surface area contributed by atoms with Crippen LogP contribution in [0.1, 0.15) is 22.8 Å². The fourth-order valence-corrected chi connectivity index (χ4v) is 2.38. The van der Waals surface area contributed by atoms with E-state index in [0.29, 0.717) is 15.6 Å². The number of ketones is 1. The molecule has 0 saturated heterocycles. The molecule has 7 heteroatoms. The summed E-state index contributed by atoms with van der Waals surface area (Å²) in [5, 5.41) is 11.2. The maximum Gasteiger partial charge on any atom is 0.270 e. The molecule has 0 spiro atoms. The molecular formula is C13H11N3O3S. The monoisotopic (exact) mass is 289 g/mol. The van der Waals surface area contributed by atoms with E-state index >= 15 is 0 Å². The molecule has 0 N–H and O–H groups in total. The van der Waals surface area contributed by atoms with E-state index in [1.807, 2.05) is 6.92 Å². The predicted octanol–water partition coefficient (Wildman–Crippen LogP) is 3.05. The molecule has 0 aliphatic heterocycles. The fourth-order valence-electron chi connectivity index (χ4n) is 1.53. The van der Waals surface area contributed by atoms with Crippen LogP contribution in [0.4, 0.5) is 5.69 Å². The van der Waals surface area contributed by atoms with Gasteiger partial charge in [0.15, 0.2) is 10.9 Å². The van der Waals surface area contributed by atoms with E-state index in [0.717, 1.165) is 5.56 Å². The Balaban J connectivity index is 2.38. The molecule has 6 nitrogen and oxygen atoms in total. The van der Waals surface area contributed by atoms with Gasteiger partial charge in [-0.3, -0.25) is 14.9 Å². The second-order valence-corrected chi connectivity index (χ2v) is 5.15. The molecule has 1 aromatic heterocycles. The Labute approximate surface area is 119 Å². The third-order valence-corrected chi connectivity index (χ3v) is 3.48. The van der Waals surface area contributed by atoms with E-state index < -0.39 is 4.92 Å². The molecule has 0 saturated carbocycles. The van der Waals surface area contributed by atoms with Gasteiger partial charge in [-0.1, -0.05) is 0 Å². The number of hydrogen-bond donors (Lipinski definition) is 0. The number of nitro groups is 1. The maximum atomic E-state index is 11.6. The second-order valence-electron chi connectivity index (χ2n) is 4.14. The lowest BCUT2D eigenvalue weighted by Gasteiger charge is -2.05.